The first-order valence-corrected chi connectivity index (χ1v) is 7.69. The third-order valence-corrected chi connectivity index (χ3v) is 5.12. The van der Waals surface area contributed by atoms with Crippen LogP contribution in [0.2, 0.25) is 5.02 Å². The van der Waals surface area contributed by atoms with Gasteiger partial charge in [0.15, 0.2) is 0 Å². The number of likely N-dealkylation sites (tertiary alicyclic amines) is 2. The Labute approximate surface area is 125 Å². The lowest BCUT2D eigenvalue weighted by Gasteiger charge is -2.37. The zero-order chi connectivity index (χ0) is 14.2. The third-order valence-electron chi connectivity index (χ3n) is 4.86. The second-order valence-electron chi connectivity index (χ2n) is 6.29. The lowest BCUT2D eigenvalue weighted by molar-refractivity contribution is 0.0736. The lowest BCUT2D eigenvalue weighted by Crippen LogP contribution is -2.40. The van der Waals surface area contributed by atoms with Gasteiger partial charge in [0.05, 0.1) is 0 Å². The van der Waals surface area contributed by atoms with Gasteiger partial charge in [-0.25, -0.2) is 0 Å². The van der Waals surface area contributed by atoms with Crippen molar-refractivity contribution in [2.45, 2.75) is 19.3 Å². The predicted octanol–water partition coefficient (Wildman–Crippen LogP) is 2.90. The molecule has 1 amide bonds. The first-order chi connectivity index (χ1) is 9.58. The Morgan fingerprint density at radius 3 is 2.35 bits per heavy atom. The van der Waals surface area contributed by atoms with Crippen molar-refractivity contribution in [2.75, 3.05) is 33.2 Å². The summed E-state index contributed by atoms with van der Waals surface area (Å²) < 4.78 is 0. The summed E-state index contributed by atoms with van der Waals surface area (Å²) in [6.07, 6.45) is 3.59. The SMILES string of the molecule is CN1CCC2(CC1)CCN(C(=O)c1ccc(Cl)cc1)C2. The minimum Gasteiger partial charge on any atom is -0.338 e. The van der Waals surface area contributed by atoms with Crippen LogP contribution in [-0.2, 0) is 0 Å². The largest absolute Gasteiger partial charge is 0.338 e. The topological polar surface area (TPSA) is 23.6 Å². The van der Waals surface area contributed by atoms with Gasteiger partial charge in [0.2, 0.25) is 0 Å². The van der Waals surface area contributed by atoms with Gasteiger partial charge in [-0.1, -0.05) is 11.6 Å². The molecule has 0 saturated carbocycles. The highest BCUT2D eigenvalue weighted by atomic mass is 35.5. The van der Waals surface area contributed by atoms with Crippen LogP contribution in [0.25, 0.3) is 0 Å². The van der Waals surface area contributed by atoms with E-state index in [9.17, 15) is 4.79 Å². The van der Waals surface area contributed by atoms with Crippen LogP contribution in [0.5, 0.6) is 0 Å². The van der Waals surface area contributed by atoms with Gasteiger partial charge in [0.1, 0.15) is 0 Å². The molecule has 0 radical (unpaired) electrons. The molecule has 4 heteroatoms. The molecule has 2 saturated heterocycles. The monoisotopic (exact) mass is 292 g/mol. The number of halogens is 1. The van der Waals surface area contributed by atoms with Crippen molar-refractivity contribution in [1.82, 2.24) is 9.80 Å². The summed E-state index contributed by atoms with van der Waals surface area (Å²) in [4.78, 5) is 16.9. The van der Waals surface area contributed by atoms with Gasteiger partial charge in [-0.2, -0.15) is 0 Å². The van der Waals surface area contributed by atoms with Crippen molar-refractivity contribution in [3.05, 3.63) is 34.9 Å². The fraction of sp³-hybridized carbons (Fsp3) is 0.562. The molecule has 2 fully saturated rings. The summed E-state index contributed by atoms with van der Waals surface area (Å²) in [6, 6.07) is 7.22. The Morgan fingerprint density at radius 2 is 1.70 bits per heavy atom. The second-order valence-corrected chi connectivity index (χ2v) is 6.72. The lowest BCUT2D eigenvalue weighted by atomic mass is 9.78. The number of piperidine rings is 1. The summed E-state index contributed by atoms with van der Waals surface area (Å²) in [5.74, 6) is 0.150. The number of hydrogen-bond donors (Lipinski definition) is 0. The third kappa shape index (κ3) is 2.70. The van der Waals surface area contributed by atoms with E-state index in [4.69, 9.17) is 11.6 Å². The molecule has 3 rings (SSSR count). The Hall–Kier alpha value is -1.06. The summed E-state index contributed by atoms with van der Waals surface area (Å²) in [7, 11) is 2.18. The van der Waals surface area contributed by atoms with E-state index in [0.29, 0.717) is 10.4 Å². The van der Waals surface area contributed by atoms with Crippen LogP contribution >= 0.6 is 11.6 Å². The maximum Gasteiger partial charge on any atom is 0.253 e. The Kier molecular flexibility index (Phi) is 3.74. The highest BCUT2D eigenvalue weighted by Crippen LogP contribution is 2.40. The van der Waals surface area contributed by atoms with Gasteiger partial charge in [-0.3, -0.25) is 4.79 Å². The van der Waals surface area contributed by atoms with E-state index in [0.717, 1.165) is 38.2 Å². The second kappa shape index (κ2) is 5.38. The molecule has 2 aliphatic heterocycles. The fourth-order valence-electron chi connectivity index (χ4n) is 3.38. The van der Waals surface area contributed by atoms with Crippen LogP contribution in [0.3, 0.4) is 0 Å². The number of benzene rings is 1. The number of carbonyl (C=O) groups is 1. The Morgan fingerprint density at radius 1 is 1.10 bits per heavy atom. The number of amides is 1. The van der Waals surface area contributed by atoms with Gasteiger partial charge in [-0.15, -0.1) is 0 Å². The van der Waals surface area contributed by atoms with Crippen LogP contribution in [0, 0.1) is 5.41 Å². The van der Waals surface area contributed by atoms with Crippen molar-refractivity contribution in [2.24, 2.45) is 5.41 Å². The van der Waals surface area contributed by atoms with E-state index < -0.39 is 0 Å². The summed E-state index contributed by atoms with van der Waals surface area (Å²) in [5, 5.41) is 0.676. The van der Waals surface area contributed by atoms with Crippen LogP contribution in [0.1, 0.15) is 29.6 Å². The molecular weight excluding hydrogens is 272 g/mol. The van der Waals surface area contributed by atoms with E-state index >= 15 is 0 Å². The van der Waals surface area contributed by atoms with E-state index in [1.54, 1.807) is 12.1 Å². The summed E-state index contributed by atoms with van der Waals surface area (Å²) in [5.41, 5.74) is 1.12. The van der Waals surface area contributed by atoms with E-state index in [1.165, 1.54) is 12.8 Å². The molecule has 20 heavy (non-hydrogen) atoms. The summed E-state index contributed by atoms with van der Waals surface area (Å²) in [6.45, 7) is 4.12. The first kappa shape index (κ1) is 13.9. The molecule has 2 aliphatic rings. The zero-order valence-corrected chi connectivity index (χ0v) is 12.7. The van der Waals surface area contributed by atoms with Crippen molar-refractivity contribution < 1.29 is 4.79 Å². The number of rotatable bonds is 1. The minimum atomic E-state index is 0.150. The average molecular weight is 293 g/mol. The summed E-state index contributed by atoms with van der Waals surface area (Å²) >= 11 is 5.88. The molecule has 3 nitrogen and oxygen atoms in total. The number of nitrogens with zero attached hydrogens (tertiary/aromatic N) is 2. The number of hydrogen-bond acceptors (Lipinski definition) is 2. The highest BCUT2D eigenvalue weighted by Gasteiger charge is 2.41. The van der Waals surface area contributed by atoms with Crippen molar-refractivity contribution in [3.63, 3.8) is 0 Å². The van der Waals surface area contributed by atoms with Gasteiger partial charge in [0, 0.05) is 23.7 Å². The van der Waals surface area contributed by atoms with Crippen molar-refractivity contribution >= 4 is 17.5 Å². The normalized spacial score (nSPS) is 22.4. The predicted molar refractivity (Wildman–Crippen MR) is 81.1 cm³/mol. The molecule has 0 bridgehead atoms. The van der Waals surface area contributed by atoms with Gasteiger partial charge in [-0.05, 0) is 69.1 Å². The molecule has 2 heterocycles. The maximum atomic E-state index is 12.5. The van der Waals surface area contributed by atoms with E-state index in [-0.39, 0.29) is 5.91 Å². The molecule has 0 aliphatic carbocycles. The van der Waals surface area contributed by atoms with E-state index in [2.05, 4.69) is 11.9 Å². The molecule has 0 N–H and O–H groups in total. The van der Waals surface area contributed by atoms with Gasteiger partial charge < -0.3 is 9.80 Å². The van der Waals surface area contributed by atoms with Crippen molar-refractivity contribution in [3.8, 4) is 0 Å². The van der Waals surface area contributed by atoms with Crippen LogP contribution in [0.15, 0.2) is 24.3 Å². The van der Waals surface area contributed by atoms with Gasteiger partial charge in [0.25, 0.3) is 5.91 Å². The average Bonchev–Trinajstić information content (AvgIpc) is 2.87. The van der Waals surface area contributed by atoms with Crippen LogP contribution < -0.4 is 0 Å². The molecule has 1 spiro atoms. The van der Waals surface area contributed by atoms with Crippen LogP contribution in [0.4, 0.5) is 0 Å². The molecule has 0 unspecified atom stereocenters. The van der Waals surface area contributed by atoms with Gasteiger partial charge >= 0.3 is 0 Å². The molecular formula is C16H21ClN2O. The first-order valence-electron chi connectivity index (χ1n) is 7.31. The van der Waals surface area contributed by atoms with Crippen LogP contribution in [-0.4, -0.2) is 48.9 Å². The highest BCUT2D eigenvalue weighted by molar-refractivity contribution is 6.30. The standard InChI is InChI=1S/C16H21ClN2O/c1-18-9-6-16(7-10-18)8-11-19(12-16)15(20)13-2-4-14(17)5-3-13/h2-5H,6-12H2,1H3. The quantitative estimate of drug-likeness (QED) is 0.795. The fourth-order valence-corrected chi connectivity index (χ4v) is 3.51. The van der Waals surface area contributed by atoms with Crippen molar-refractivity contribution in [1.29, 1.82) is 0 Å². The molecule has 1 aromatic rings. The maximum absolute atomic E-state index is 12.5. The zero-order valence-electron chi connectivity index (χ0n) is 11.9. The molecule has 0 atom stereocenters. The minimum absolute atomic E-state index is 0.150. The Bertz CT molecular complexity index is 492. The molecule has 1 aromatic carbocycles. The number of carbonyl (C=O) groups excluding carboxylic acids is 1. The molecule has 108 valence electrons. The Balaban J connectivity index is 1.67. The smallest absolute Gasteiger partial charge is 0.253 e. The van der Waals surface area contributed by atoms with E-state index in [1.807, 2.05) is 17.0 Å². The molecule has 0 aromatic heterocycles.